The average molecular weight is 372 g/mol. The van der Waals surface area contributed by atoms with Gasteiger partial charge in [-0.25, -0.2) is 4.99 Å². The Balaban J connectivity index is 1.74. The summed E-state index contributed by atoms with van der Waals surface area (Å²) in [6.45, 7) is 3.15. The van der Waals surface area contributed by atoms with Gasteiger partial charge < -0.3 is 16.4 Å². The molecule has 0 aromatic heterocycles. The maximum absolute atomic E-state index is 11.4. The smallest absolute Gasteiger partial charge is 0.248 e. The van der Waals surface area contributed by atoms with Crippen molar-refractivity contribution in [3.05, 3.63) is 101 Å². The van der Waals surface area contributed by atoms with Gasteiger partial charge in [-0.3, -0.25) is 4.79 Å². The Morgan fingerprint density at radius 1 is 0.929 bits per heavy atom. The van der Waals surface area contributed by atoms with E-state index >= 15 is 0 Å². The number of hydrogen-bond donors (Lipinski definition) is 3. The summed E-state index contributed by atoms with van der Waals surface area (Å²) >= 11 is 0. The highest BCUT2D eigenvalue weighted by Crippen LogP contribution is 2.09. The van der Waals surface area contributed by atoms with E-state index in [9.17, 15) is 4.79 Å². The van der Waals surface area contributed by atoms with Gasteiger partial charge in [0.2, 0.25) is 5.91 Å². The quantitative estimate of drug-likeness (QED) is 0.454. The fourth-order valence-corrected chi connectivity index (χ4v) is 2.68. The first-order chi connectivity index (χ1) is 13.6. The van der Waals surface area contributed by atoms with Crippen molar-refractivity contribution in [3.63, 3.8) is 0 Å². The number of hydrogen-bond acceptors (Lipinski definition) is 2. The Labute approximate surface area is 165 Å². The average Bonchev–Trinajstić information content (AvgIpc) is 2.72. The number of primary amides is 1. The fraction of sp³-hybridized carbons (Fsp3) is 0.130. The van der Waals surface area contributed by atoms with Crippen molar-refractivity contribution in [1.82, 2.24) is 5.32 Å². The summed E-state index contributed by atoms with van der Waals surface area (Å²) in [5.41, 5.74) is 10.1. The van der Waals surface area contributed by atoms with Crippen molar-refractivity contribution in [2.24, 2.45) is 10.7 Å². The second kappa shape index (κ2) is 9.37. The van der Waals surface area contributed by atoms with Gasteiger partial charge in [-0.05, 0) is 42.3 Å². The molecule has 0 aliphatic heterocycles. The highest BCUT2D eigenvalue weighted by atomic mass is 16.1. The molecule has 5 nitrogen and oxygen atoms in total. The van der Waals surface area contributed by atoms with Crippen LogP contribution in [0.2, 0.25) is 0 Å². The molecule has 0 fully saturated rings. The third kappa shape index (κ3) is 5.71. The van der Waals surface area contributed by atoms with Gasteiger partial charge in [0, 0.05) is 17.8 Å². The Morgan fingerprint density at radius 2 is 1.68 bits per heavy atom. The number of rotatable bonds is 6. The topological polar surface area (TPSA) is 79.5 Å². The standard InChI is InChI=1S/C23H24N4O/c1-17-10-12-18(13-11-17)15-25-23(27-21-8-3-2-4-9-21)26-16-19-6-5-7-20(14-19)22(24)28/h2-14H,15-16H2,1H3,(H2,24,28)(H2,25,26,27). The van der Waals surface area contributed by atoms with Gasteiger partial charge in [-0.1, -0.05) is 60.2 Å². The van der Waals surface area contributed by atoms with E-state index in [-0.39, 0.29) is 0 Å². The first kappa shape index (κ1) is 19.2. The normalized spacial score (nSPS) is 11.1. The molecule has 0 radical (unpaired) electrons. The SMILES string of the molecule is Cc1ccc(CNC(=NCc2cccc(C(N)=O)c2)Nc2ccccc2)cc1. The summed E-state index contributed by atoms with van der Waals surface area (Å²) in [5, 5.41) is 6.67. The van der Waals surface area contributed by atoms with Gasteiger partial charge in [0.25, 0.3) is 0 Å². The summed E-state index contributed by atoms with van der Waals surface area (Å²) in [6.07, 6.45) is 0. The maximum atomic E-state index is 11.4. The van der Waals surface area contributed by atoms with E-state index in [0.29, 0.717) is 24.6 Å². The molecule has 5 heteroatoms. The van der Waals surface area contributed by atoms with Crippen LogP contribution in [0.3, 0.4) is 0 Å². The Bertz CT molecular complexity index is 950. The molecule has 0 heterocycles. The van der Waals surface area contributed by atoms with Crippen LogP contribution in [-0.4, -0.2) is 11.9 Å². The molecule has 0 aliphatic rings. The lowest BCUT2D eigenvalue weighted by molar-refractivity contribution is 0.1000. The number of guanidine groups is 1. The lowest BCUT2D eigenvalue weighted by Crippen LogP contribution is -2.30. The second-order valence-electron chi connectivity index (χ2n) is 6.56. The van der Waals surface area contributed by atoms with Crippen LogP contribution in [0.1, 0.15) is 27.0 Å². The zero-order valence-electron chi connectivity index (χ0n) is 15.9. The summed E-state index contributed by atoms with van der Waals surface area (Å²) in [4.78, 5) is 16.0. The molecule has 4 N–H and O–H groups in total. The van der Waals surface area contributed by atoms with Crippen molar-refractivity contribution in [3.8, 4) is 0 Å². The zero-order chi connectivity index (χ0) is 19.8. The molecule has 0 bridgehead atoms. The number of nitrogens with zero attached hydrogens (tertiary/aromatic N) is 1. The van der Waals surface area contributed by atoms with E-state index in [2.05, 4.69) is 46.8 Å². The molecule has 3 aromatic rings. The van der Waals surface area contributed by atoms with Crippen LogP contribution in [0.25, 0.3) is 0 Å². The number of anilines is 1. The molecule has 3 aromatic carbocycles. The molecule has 0 aliphatic carbocycles. The van der Waals surface area contributed by atoms with Crippen molar-refractivity contribution in [1.29, 1.82) is 0 Å². The molecule has 142 valence electrons. The van der Waals surface area contributed by atoms with Crippen molar-refractivity contribution in [2.45, 2.75) is 20.0 Å². The minimum atomic E-state index is -0.439. The number of carbonyl (C=O) groups is 1. The van der Waals surface area contributed by atoms with Crippen LogP contribution in [0, 0.1) is 6.92 Å². The number of aryl methyl sites for hydroxylation is 1. The predicted molar refractivity (Wildman–Crippen MR) is 114 cm³/mol. The molecular weight excluding hydrogens is 348 g/mol. The number of amides is 1. The van der Waals surface area contributed by atoms with Gasteiger partial charge in [-0.2, -0.15) is 0 Å². The highest BCUT2D eigenvalue weighted by Gasteiger charge is 2.04. The van der Waals surface area contributed by atoms with E-state index in [1.54, 1.807) is 12.1 Å². The number of nitrogens with two attached hydrogens (primary N) is 1. The van der Waals surface area contributed by atoms with E-state index in [4.69, 9.17) is 5.73 Å². The molecule has 1 amide bonds. The lowest BCUT2D eigenvalue weighted by atomic mass is 10.1. The minimum Gasteiger partial charge on any atom is -0.366 e. The maximum Gasteiger partial charge on any atom is 0.248 e. The van der Waals surface area contributed by atoms with E-state index < -0.39 is 5.91 Å². The first-order valence-corrected chi connectivity index (χ1v) is 9.15. The summed E-state index contributed by atoms with van der Waals surface area (Å²) < 4.78 is 0. The van der Waals surface area contributed by atoms with Gasteiger partial charge in [0.1, 0.15) is 0 Å². The van der Waals surface area contributed by atoms with E-state index in [0.717, 1.165) is 11.3 Å². The molecular formula is C23H24N4O. The van der Waals surface area contributed by atoms with Gasteiger partial charge in [0.15, 0.2) is 5.96 Å². The van der Waals surface area contributed by atoms with Crippen LogP contribution in [0.4, 0.5) is 5.69 Å². The van der Waals surface area contributed by atoms with Crippen molar-refractivity contribution in [2.75, 3.05) is 5.32 Å². The largest absolute Gasteiger partial charge is 0.366 e. The summed E-state index contributed by atoms with van der Waals surface area (Å²) in [7, 11) is 0. The second-order valence-corrected chi connectivity index (χ2v) is 6.56. The van der Waals surface area contributed by atoms with Crippen molar-refractivity contribution >= 4 is 17.6 Å². The first-order valence-electron chi connectivity index (χ1n) is 9.15. The van der Waals surface area contributed by atoms with Crippen LogP contribution in [0.15, 0.2) is 83.9 Å². The Morgan fingerprint density at radius 3 is 2.39 bits per heavy atom. The van der Waals surface area contributed by atoms with Crippen LogP contribution in [0.5, 0.6) is 0 Å². The number of para-hydroxylation sites is 1. The van der Waals surface area contributed by atoms with Gasteiger partial charge in [-0.15, -0.1) is 0 Å². The zero-order valence-corrected chi connectivity index (χ0v) is 15.9. The lowest BCUT2D eigenvalue weighted by Gasteiger charge is -2.13. The molecule has 0 spiro atoms. The number of nitrogens with one attached hydrogen (secondary N) is 2. The third-order valence-electron chi connectivity index (χ3n) is 4.25. The monoisotopic (exact) mass is 372 g/mol. The van der Waals surface area contributed by atoms with Crippen LogP contribution < -0.4 is 16.4 Å². The van der Waals surface area contributed by atoms with E-state index in [1.807, 2.05) is 42.5 Å². The summed E-state index contributed by atoms with van der Waals surface area (Å²) in [5.74, 6) is 0.224. The molecule has 28 heavy (non-hydrogen) atoms. The predicted octanol–water partition coefficient (Wildman–Crippen LogP) is 3.85. The number of benzene rings is 3. The fourth-order valence-electron chi connectivity index (χ4n) is 2.68. The molecule has 0 saturated heterocycles. The minimum absolute atomic E-state index is 0.428. The highest BCUT2D eigenvalue weighted by molar-refractivity contribution is 5.94. The molecule has 3 rings (SSSR count). The molecule has 0 unspecified atom stereocenters. The van der Waals surface area contributed by atoms with Gasteiger partial charge in [0.05, 0.1) is 6.54 Å². The Kier molecular flexibility index (Phi) is 6.41. The van der Waals surface area contributed by atoms with E-state index in [1.165, 1.54) is 11.1 Å². The van der Waals surface area contributed by atoms with Crippen molar-refractivity contribution < 1.29 is 4.79 Å². The molecule has 0 saturated carbocycles. The summed E-state index contributed by atoms with van der Waals surface area (Å²) in [6, 6.07) is 25.5. The molecule has 0 atom stereocenters. The van der Waals surface area contributed by atoms with Crippen LogP contribution >= 0.6 is 0 Å². The van der Waals surface area contributed by atoms with Crippen LogP contribution in [-0.2, 0) is 13.1 Å². The third-order valence-corrected chi connectivity index (χ3v) is 4.25. The Hall–Kier alpha value is -3.60. The van der Waals surface area contributed by atoms with Gasteiger partial charge >= 0.3 is 0 Å². The number of carbonyl (C=O) groups excluding carboxylic acids is 1. The number of aliphatic imine (C=N–C) groups is 1.